The van der Waals surface area contributed by atoms with Crippen LogP contribution < -0.4 is 4.74 Å². The van der Waals surface area contributed by atoms with Gasteiger partial charge in [-0.1, -0.05) is 24.3 Å². The maximum atomic E-state index is 12.6. The Labute approximate surface area is 141 Å². The fourth-order valence-corrected chi connectivity index (χ4v) is 4.10. The quantitative estimate of drug-likeness (QED) is 0.770. The lowest BCUT2D eigenvalue weighted by Gasteiger charge is -2.27. The number of carbonyl (C=O) groups excluding carboxylic acids is 1. The van der Waals surface area contributed by atoms with E-state index in [1.165, 1.54) is 29.7 Å². The van der Waals surface area contributed by atoms with Crippen LogP contribution in [0.25, 0.3) is 0 Å². The Bertz CT molecular complexity index is 847. The number of pyridine rings is 1. The number of carbonyl (C=O) groups is 1. The molecule has 3 rings (SSSR count). The van der Waals surface area contributed by atoms with Crippen LogP contribution in [-0.4, -0.2) is 42.9 Å². The summed E-state index contributed by atoms with van der Waals surface area (Å²) in [5.74, 6) is -0.644. The molecule has 1 aromatic heterocycles. The smallest absolute Gasteiger partial charge is 0.221 e. The van der Waals surface area contributed by atoms with E-state index in [0.29, 0.717) is 25.4 Å². The first-order valence-corrected chi connectivity index (χ1v) is 9.18. The Morgan fingerprint density at radius 3 is 2.62 bits per heavy atom. The Morgan fingerprint density at radius 2 is 1.96 bits per heavy atom. The Hall–Kier alpha value is -2.25. The van der Waals surface area contributed by atoms with E-state index in [2.05, 4.69) is 4.98 Å². The van der Waals surface area contributed by atoms with E-state index in [-0.39, 0.29) is 5.56 Å². The predicted molar refractivity (Wildman–Crippen MR) is 89.5 cm³/mol. The van der Waals surface area contributed by atoms with Gasteiger partial charge < -0.3 is 4.74 Å². The van der Waals surface area contributed by atoms with Gasteiger partial charge in [0, 0.05) is 30.9 Å². The lowest BCUT2D eigenvalue weighted by Crippen LogP contribution is -2.39. The van der Waals surface area contributed by atoms with Crippen LogP contribution in [0, 0.1) is 0 Å². The molecule has 0 N–H and O–H groups in total. The van der Waals surface area contributed by atoms with Crippen molar-refractivity contribution in [3.63, 3.8) is 0 Å². The number of nitrogens with zero attached hydrogens (tertiary/aromatic N) is 2. The van der Waals surface area contributed by atoms with Crippen LogP contribution in [-0.2, 0) is 23.0 Å². The normalized spacial score (nSPS) is 14.9. The molecule has 0 amide bonds. The third-order valence-electron chi connectivity index (χ3n) is 4.07. The molecule has 1 aliphatic heterocycles. The van der Waals surface area contributed by atoms with Crippen molar-refractivity contribution in [2.24, 2.45) is 0 Å². The molecular formula is C17H18N2O4S. The topological polar surface area (TPSA) is 76.6 Å². The number of methoxy groups -OCH3 is 1. The van der Waals surface area contributed by atoms with Crippen LogP contribution in [0.15, 0.2) is 42.6 Å². The number of benzene rings is 1. The van der Waals surface area contributed by atoms with Gasteiger partial charge in [0.15, 0.2) is 5.78 Å². The van der Waals surface area contributed by atoms with E-state index >= 15 is 0 Å². The van der Waals surface area contributed by atoms with Crippen LogP contribution in [0.1, 0.15) is 21.5 Å². The summed E-state index contributed by atoms with van der Waals surface area (Å²) >= 11 is 0. The minimum absolute atomic E-state index is 0.261. The Balaban J connectivity index is 1.73. The number of Topliss-reactive ketones (excluding diaryl/α,β-unsaturated/α-hetero) is 1. The summed E-state index contributed by atoms with van der Waals surface area (Å²) in [7, 11) is -2.19. The van der Waals surface area contributed by atoms with Crippen molar-refractivity contribution < 1.29 is 17.9 Å². The number of fused-ring (bicyclic) bond motifs is 1. The lowest BCUT2D eigenvalue weighted by molar-refractivity contribution is 0.101. The fourth-order valence-electron chi connectivity index (χ4n) is 2.71. The number of aromatic nitrogens is 1. The SMILES string of the molecule is COc1ccc(C(=O)CS(=O)(=O)N2CCc3ccccc3C2)cn1. The van der Waals surface area contributed by atoms with Crippen LogP contribution in [0.5, 0.6) is 5.88 Å². The van der Waals surface area contributed by atoms with Gasteiger partial charge >= 0.3 is 0 Å². The van der Waals surface area contributed by atoms with Gasteiger partial charge in [0.1, 0.15) is 5.75 Å². The number of sulfonamides is 1. The number of ketones is 1. The zero-order chi connectivity index (χ0) is 17.2. The molecule has 0 saturated heterocycles. The highest BCUT2D eigenvalue weighted by molar-refractivity contribution is 7.89. The summed E-state index contributed by atoms with van der Waals surface area (Å²) in [5, 5.41) is 0. The van der Waals surface area contributed by atoms with E-state index in [0.717, 1.165) is 11.1 Å². The summed E-state index contributed by atoms with van der Waals surface area (Å²) in [6.07, 6.45) is 2.00. The van der Waals surface area contributed by atoms with Crippen molar-refractivity contribution in [2.45, 2.75) is 13.0 Å². The molecule has 0 spiro atoms. The number of ether oxygens (including phenoxy) is 1. The molecule has 0 unspecified atom stereocenters. The van der Waals surface area contributed by atoms with Gasteiger partial charge in [-0.2, -0.15) is 4.31 Å². The van der Waals surface area contributed by atoms with Gasteiger partial charge in [-0.05, 0) is 23.6 Å². The first-order valence-electron chi connectivity index (χ1n) is 7.57. The van der Waals surface area contributed by atoms with Crippen molar-refractivity contribution in [3.8, 4) is 5.88 Å². The van der Waals surface area contributed by atoms with E-state index in [1.54, 1.807) is 0 Å². The average molecular weight is 346 g/mol. The van der Waals surface area contributed by atoms with Gasteiger partial charge in [-0.15, -0.1) is 0 Å². The molecule has 126 valence electrons. The molecule has 6 nitrogen and oxygen atoms in total. The second kappa shape index (κ2) is 6.70. The zero-order valence-electron chi connectivity index (χ0n) is 13.3. The van der Waals surface area contributed by atoms with Gasteiger partial charge in [-0.3, -0.25) is 4.79 Å². The molecule has 0 atom stereocenters. The van der Waals surface area contributed by atoms with E-state index in [1.807, 2.05) is 24.3 Å². The maximum Gasteiger partial charge on any atom is 0.221 e. The minimum Gasteiger partial charge on any atom is -0.481 e. The number of hydrogen-bond donors (Lipinski definition) is 0. The second-order valence-corrected chi connectivity index (χ2v) is 7.59. The molecule has 24 heavy (non-hydrogen) atoms. The average Bonchev–Trinajstić information content (AvgIpc) is 2.61. The first kappa shape index (κ1) is 16.6. The highest BCUT2D eigenvalue weighted by Gasteiger charge is 2.29. The maximum absolute atomic E-state index is 12.6. The predicted octanol–water partition coefficient (Wildman–Crippen LogP) is 1.66. The molecule has 2 heterocycles. The number of hydrogen-bond acceptors (Lipinski definition) is 5. The fraction of sp³-hybridized carbons (Fsp3) is 0.294. The largest absolute Gasteiger partial charge is 0.481 e. The summed E-state index contributed by atoms with van der Waals surface area (Å²) in [6.45, 7) is 0.708. The molecule has 0 radical (unpaired) electrons. The first-order chi connectivity index (χ1) is 11.5. The van der Waals surface area contributed by atoms with Crippen LogP contribution in [0.4, 0.5) is 0 Å². The third kappa shape index (κ3) is 3.47. The lowest BCUT2D eigenvalue weighted by atomic mass is 10.0. The molecule has 0 saturated carbocycles. The molecule has 1 aromatic carbocycles. The summed E-state index contributed by atoms with van der Waals surface area (Å²) in [6, 6.07) is 10.8. The van der Waals surface area contributed by atoms with Crippen LogP contribution in [0.2, 0.25) is 0 Å². The standard InChI is InChI=1S/C17H18N2O4S/c1-23-17-7-6-14(10-18-17)16(20)12-24(21,22)19-9-8-13-4-2-3-5-15(13)11-19/h2-7,10H,8-9,11-12H2,1H3. The van der Waals surface area contributed by atoms with Crippen molar-refractivity contribution in [2.75, 3.05) is 19.4 Å². The second-order valence-electron chi connectivity index (χ2n) is 5.62. The van der Waals surface area contributed by atoms with Gasteiger partial charge in [0.2, 0.25) is 15.9 Å². The molecule has 0 aliphatic carbocycles. The molecule has 2 aromatic rings. The summed E-state index contributed by atoms with van der Waals surface area (Å²) in [4.78, 5) is 16.2. The van der Waals surface area contributed by atoms with Gasteiger partial charge in [-0.25, -0.2) is 13.4 Å². The molecule has 1 aliphatic rings. The molecule has 0 bridgehead atoms. The van der Waals surface area contributed by atoms with Crippen molar-refractivity contribution in [1.82, 2.24) is 9.29 Å². The molecule has 0 fully saturated rings. The Morgan fingerprint density at radius 1 is 1.21 bits per heavy atom. The van der Waals surface area contributed by atoms with Crippen LogP contribution in [0.3, 0.4) is 0 Å². The highest BCUT2D eigenvalue weighted by atomic mass is 32.2. The van der Waals surface area contributed by atoms with Gasteiger partial charge in [0.05, 0.1) is 7.11 Å². The number of rotatable bonds is 5. The van der Waals surface area contributed by atoms with Crippen molar-refractivity contribution in [3.05, 3.63) is 59.3 Å². The van der Waals surface area contributed by atoms with E-state index in [9.17, 15) is 13.2 Å². The molecule has 7 heteroatoms. The van der Waals surface area contributed by atoms with Crippen molar-refractivity contribution in [1.29, 1.82) is 0 Å². The third-order valence-corrected chi connectivity index (χ3v) is 5.80. The summed E-state index contributed by atoms with van der Waals surface area (Å²) < 4.78 is 31.4. The molecular weight excluding hydrogens is 328 g/mol. The van der Waals surface area contributed by atoms with Crippen molar-refractivity contribution >= 4 is 15.8 Å². The highest BCUT2D eigenvalue weighted by Crippen LogP contribution is 2.21. The summed E-state index contributed by atoms with van der Waals surface area (Å²) in [5.41, 5.74) is 2.41. The van der Waals surface area contributed by atoms with Gasteiger partial charge in [0.25, 0.3) is 0 Å². The zero-order valence-corrected chi connectivity index (χ0v) is 14.1. The Kier molecular flexibility index (Phi) is 4.64. The van der Waals surface area contributed by atoms with E-state index < -0.39 is 21.6 Å². The minimum atomic E-state index is -3.66. The monoisotopic (exact) mass is 346 g/mol. The van der Waals surface area contributed by atoms with Crippen LogP contribution >= 0.6 is 0 Å². The van der Waals surface area contributed by atoms with E-state index in [4.69, 9.17) is 4.74 Å².